The molecule has 10 heteroatoms. The van der Waals surface area contributed by atoms with Crippen LogP contribution in [0.5, 0.6) is 5.75 Å². The second-order valence-corrected chi connectivity index (χ2v) is 13.0. The lowest BCUT2D eigenvalue weighted by Gasteiger charge is -2.34. The molecule has 0 bridgehead atoms. The van der Waals surface area contributed by atoms with E-state index in [1.165, 1.54) is 16.9 Å². The summed E-state index contributed by atoms with van der Waals surface area (Å²) >= 11 is 13.8. The van der Waals surface area contributed by atoms with E-state index in [2.05, 4.69) is 5.32 Å². The van der Waals surface area contributed by atoms with Gasteiger partial charge in [0.25, 0.3) is 0 Å². The Labute approximate surface area is 231 Å². The van der Waals surface area contributed by atoms with Crippen molar-refractivity contribution >= 4 is 50.5 Å². The molecule has 0 saturated heterocycles. The molecule has 1 aliphatic carbocycles. The van der Waals surface area contributed by atoms with Gasteiger partial charge in [-0.3, -0.25) is 0 Å². The molecule has 1 aliphatic rings. The molecule has 37 heavy (non-hydrogen) atoms. The van der Waals surface area contributed by atoms with E-state index in [4.69, 9.17) is 32.7 Å². The van der Waals surface area contributed by atoms with Crippen molar-refractivity contribution in [1.82, 2.24) is 5.32 Å². The zero-order chi connectivity index (χ0) is 26.4. The lowest BCUT2D eigenvalue weighted by molar-refractivity contribution is 0.144. The summed E-state index contributed by atoms with van der Waals surface area (Å²) in [6.07, 6.45) is 2.11. The molecule has 2 atom stereocenters. The molecule has 3 aromatic rings. The summed E-state index contributed by atoms with van der Waals surface area (Å²) < 4.78 is 36.3. The molecule has 1 heterocycles. The van der Waals surface area contributed by atoms with Crippen LogP contribution in [-0.2, 0) is 27.4 Å². The molecule has 1 amide bonds. The van der Waals surface area contributed by atoms with E-state index >= 15 is 0 Å². The summed E-state index contributed by atoms with van der Waals surface area (Å²) in [7, 11) is -3.30. The minimum Gasteiger partial charge on any atom is -0.494 e. The highest BCUT2D eigenvalue weighted by Gasteiger charge is 2.32. The van der Waals surface area contributed by atoms with Crippen molar-refractivity contribution in [2.75, 3.05) is 19.0 Å². The van der Waals surface area contributed by atoms with Crippen LogP contribution < -0.4 is 10.1 Å². The summed E-state index contributed by atoms with van der Waals surface area (Å²) in [5, 5.41) is 5.93. The number of alkyl carbamates (subject to hydrolysis) is 1. The summed E-state index contributed by atoms with van der Waals surface area (Å²) in [5.41, 5.74) is 3.19. The van der Waals surface area contributed by atoms with Crippen LogP contribution in [0.1, 0.15) is 42.4 Å². The highest BCUT2D eigenvalue weighted by atomic mass is 35.5. The van der Waals surface area contributed by atoms with Gasteiger partial charge in [-0.15, -0.1) is 11.3 Å². The van der Waals surface area contributed by atoms with Crippen molar-refractivity contribution in [2.45, 2.75) is 48.8 Å². The van der Waals surface area contributed by atoms with E-state index in [0.29, 0.717) is 39.5 Å². The van der Waals surface area contributed by atoms with Crippen molar-refractivity contribution < 1.29 is 22.7 Å². The van der Waals surface area contributed by atoms with Gasteiger partial charge in [-0.25, -0.2) is 13.2 Å². The third-order valence-corrected chi connectivity index (χ3v) is 10.3. The average Bonchev–Trinajstić information content (AvgIpc) is 3.41. The van der Waals surface area contributed by atoms with Gasteiger partial charge in [-0.1, -0.05) is 41.4 Å². The normalized spacial score (nSPS) is 17.2. The maximum atomic E-state index is 12.4. The number of nitrogens with one attached hydrogen (secondary N) is 1. The number of halogens is 2. The van der Waals surface area contributed by atoms with Gasteiger partial charge in [0.2, 0.25) is 0 Å². The van der Waals surface area contributed by atoms with Crippen molar-refractivity contribution in [2.24, 2.45) is 0 Å². The smallest absolute Gasteiger partial charge is 0.407 e. The number of thiophene rings is 1. The summed E-state index contributed by atoms with van der Waals surface area (Å²) in [6.45, 7) is 2.35. The Morgan fingerprint density at radius 3 is 2.73 bits per heavy atom. The largest absolute Gasteiger partial charge is 0.494 e. The summed E-state index contributed by atoms with van der Waals surface area (Å²) in [4.78, 5) is 12.3. The molecule has 1 aromatic heterocycles. The number of aryl methyl sites for hydroxylation is 1. The molecule has 2 unspecified atom stereocenters. The van der Waals surface area contributed by atoms with Gasteiger partial charge in [0.15, 0.2) is 9.84 Å². The van der Waals surface area contributed by atoms with E-state index in [1.54, 1.807) is 30.5 Å². The topological polar surface area (TPSA) is 81.7 Å². The summed E-state index contributed by atoms with van der Waals surface area (Å²) in [6, 6.07) is 14.6. The standard InChI is InChI=1S/C27H29Cl2NO5S2/c1-2-34-27(31)30-25-11-8-18-7-10-21(35-12-4-14-37(32,33)26-5-3-13-36-26)17-22(18)23(25)15-19-6-9-20(28)16-24(19)29/h3,5-7,9-10,13,16-17,23,25H,2,4,8,11-12,14-15H2,1H3,(H,30,31). The number of benzene rings is 2. The number of ether oxygens (including phenoxy) is 2. The van der Waals surface area contributed by atoms with Crippen LogP contribution in [0.2, 0.25) is 10.0 Å². The Balaban J connectivity index is 1.51. The van der Waals surface area contributed by atoms with E-state index in [1.807, 2.05) is 30.3 Å². The minimum absolute atomic E-state index is 0.0294. The second kappa shape index (κ2) is 12.5. The van der Waals surface area contributed by atoms with Gasteiger partial charge in [0.05, 0.1) is 19.0 Å². The third-order valence-electron chi connectivity index (χ3n) is 6.39. The fraction of sp³-hybridized carbons (Fsp3) is 0.370. The van der Waals surface area contributed by atoms with Crippen LogP contribution >= 0.6 is 34.5 Å². The van der Waals surface area contributed by atoms with Crippen LogP contribution in [-0.4, -0.2) is 39.5 Å². The van der Waals surface area contributed by atoms with Crippen LogP contribution in [0.4, 0.5) is 4.79 Å². The lowest BCUT2D eigenvalue weighted by atomic mass is 9.76. The van der Waals surface area contributed by atoms with E-state index < -0.39 is 15.9 Å². The quantitative estimate of drug-likeness (QED) is 0.270. The zero-order valence-corrected chi connectivity index (χ0v) is 23.6. The molecule has 2 aromatic carbocycles. The predicted octanol–water partition coefficient (Wildman–Crippen LogP) is 6.68. The number of carbonyl (C=O) groups excluding carboxylic acids is 1. The van der Waals surface area contributed by atoms with Gasteiger partial charge in [0.1, 0.15) is 9.96 Å². The molecular weight excluding hydrogens is 553 g/mol. The lowest BCUT2D eigenvalue weighted by Crippen LogP contribution is -2.43. The monoisotopic (exact) mass is 581 g/mol. The first-order valence-electron chi connectivity index (χ1n) is 12.2. The first kappa shape index (κ1) is 27.8. The van der Waals surface area contributed by atoms with Crippen LogP contribution in [0.15, 0.2) is 58.1 Å². The molecule has 0 spiro atoms. The Morgan fingerprint density at radius 1 is 1.16 bits per heavy atom. The Hall–Kier alpha value is -2.26. The maximum absolute atomic E-state index is 12.4. The van der Waals surface area contributed by atoms with Crippen molar-refractivity contribution in [3.63, 3.8) is 0 Å². The molecule has 0 aliphatic heterocycles. The number of fused-ring (bicyclic) bond motifs is 1. The Kier molecular flexibility index (Phi) is 9.40. The van der Waals surface area contributed by atoms with Gasteiger partial charge in [-0.05, 0) is 85.0 Å². The molecular formula is C27H29Cl2NO5S2. The SMILES string of the molecule is CCOC(=O)NC1CCc2ccc(OCCCS(=O)(=O)c3cccs3)cc2C1Cc1ccc(Cl)cc1Cl. The Morgan fingerprint density at radius 2 is 2.00 bits per heavy atom. The van der Waals surface area contributed by atoms with Gasteiger partial charge < -0.3 is 14.8 Å². The highest BCUT2D eigenvalue weighted by molar-refractivity contribution is 7.93. The van der Waals surface area contributed by atoms with Crippen LogP contribution in [0, 0.1) is 0 Å². The Bertz CT molecular complexity index is 1330. The van der Waals surface area contributed by atoms with Crippen LogP contribution in [0.25, 0.3) is 0 Å². The molecule has 0 radical (unpaired) electrons. The van der Waals surface area contributed by atoms with Gasteiger partial charge in [0, 0.05) is 22.0 Å². The van der Waals surface area contributed by atoms with Crippen molar-refractivity contribution in [1.29, 1.82) is 0 Å². The predicted molar refractivity (Wildman–Crippen MR) is 148 cm³/mol. The number of hydrogen-bond acceptors (Lipinski definition) is 6. The van der Waals surface area contributed by atoms with Gasteiger partial charge in [-0.2, -0.15) is 0 Å². The number of carbonyl (C=O) groups is 1. The maximum Gasteiger partial charge on any atom is 0.407 e. The molecule has 6 nitrogen and oxygen atoms in total. The fourth-order valence-corrected chi connectivity index (χ4v) is 7.54. The van der Waals surface area contributed by atoms with E-state index in [9.17, 15) is 13.2 Å². The zero-order valence-electron chi connectivity index (χ0n) is 20.4. The van der Waals surface area contributed by atoms with Crippen LogP contribution in [0.3, 0.4) is 0 Å². The van der Waals surface area contributed by atoms with Crippen molar-refractivity contribution in [3.8, 4) is 5.75 Å². The average molecular weight is 583 g/mol. The third kappa shape index (κ3) is 7.19. The molecule has 0 saturated carbocycles. The van der Waals surface area contributed by atoms with E-state index in [-0.39, 0.29) is 24.3 Å². The molecule has 0 fully saturated rings. The highest BCUT2D eigenvalue weighted by Crippen LogP contribution is 2.38. The number of hydrogen-bond donors (Lipinski definition) is 1. The first-order valence-corrected chi connectivity index (χ1v) is 15.4. The minimum atomic E-state index is -3.30. The number of amides is 1. The van der Waals surface area contributed by atoms with Gasteiger partial charge >= 0.3 is 6.09 Å². The fourth-order valence-electron chi connectivity index (χ4n) is 4.62. The first-order chi connectivity index (χ1) is 17.8. The second-order valence-electron chi connectivity index (χ2n) is 8.87. The number of sulfone groups is 1. The molecule has 198 valence electrons. The molecule has 1 N–H and O–H groups in total. The summed E-state index contributed by atoms with van der Waals surface area (Å²) in [5.74, 6) is 0.632. The van der Waals surface area contributed by atoms with E-state index in [0.717, 1.165) is 24.0 Å². The van der Waals surface area contributed by atoms with Crippen molar-refractivity contribution in [3.05, 3.63) is 80.6 Å². The number of rotatable bonds is 10. The molecule has 4 rings (SSSR count).